The average molecular weight is 263 g/mol. The quantitative estimate of drug-likeness (QED) is 0.743. The van der Waals surface area contributed by atoms with Crippen molar-refractivity contribution in [3.05, 3.63) is 29.8 Å². The average Bonchev–Trinajstić information content (AvgIpc) is 3.26. The highest BCUT2D eigenvalue weighted by Crippen LogP contribution is 2.23. The zero-order valence-electron chi connectivity index (χ0n) is 12.0. The van der Waals surface area contributed by atoms with Crippen molar-refractivity contribution >= 4 is 0 Å². The number of nitrogens with one attached hydrogen (secondary N) is 1. The van der Waals surface area contributed by atoms with Crippen LogP contribution in [0.25, 0.3) is 0 Å². The molecule has 1 aromatic rings. The molecule has 1 saturated carbocycles. The highest BCUT2D eigenvalue weighted by atomic mass is 16.5. The Labute approximate surface area is 116 Å². The lowest BCUT2D eigenvalue weighted by molar-refractivity contribution is 0.109. The summed E-state index contributed by atoms with van der Waals surface area (Å²) in [5.41, 5.74) is 1.27. The van der Waals surface area contributed by atoms with Crippen LogP contribution in [0, 0.1) is 5.92 Å². The van der Waals surface area contributed by atoms with E-state index >= 15 is 0 Å². The van der Waals surface area contributed by atoms with Crippen LogP contribution in [-0.2, 0) is 11.2 Å². The second-order valence-corrected chi connectivity index (χ2v) is 5.22. The molecule has 3 heteroatoms. The molecular weight excluding hydrogens is 238 g/mol. The molecule has 19 heavy (non-hydrogen) atoms. The fourth-order valence-electron chi connectivity index (χ4n) is 2.28. The largest absolute Gasteiger partial charge is 0.496 e. The van der Waals surface area contributed by atoms with E-state index in [0.717, 1.165) is 38.0 Å². The number of para-hydroxylation sites is 1. The highest BCUT2D eigenvalue weighted by Gasteiger charge is 2.22. The molecule has 1 aliphatic carbocycles. The third kappa shape index (κ3) is 4.84. The van der Waals surface area contributed by atoms with Crippen LogP contribution < -0.4 is 10.1 Å². The summed E-state index contributed by atoms with van der Waals surface area (Å²) in [6.45, 7) is 4.68. The van der Waals surface area contributed by atoms with Crippen molar-refractivity contribution in [3.8, 4) is 5.75 Å². The number of hydrogen-bond acceptors (Lipinski definition) is 3. The van der Waals surface area contributed by atoms with E-state index < -0.39 is 0 Å². The van der Waals surface area contributed by atoms with Crippen molar-refractivity contribution in [1.82, 2.24) is 5.32 Å². The minimum absolute atomic E-state index is 0.511. The topological polar surface area (TPSA) is 30.5 Å². The maximum atomic E-state index is 5.61. The molecule has 106 valence electrons. The summed E-state index contributed by atoms with van der Waals surface area (Å²) in [6.07, 6.45) is 3.66. The van der Waals surface area contributed by atoms with E-state index in [1.54, 1.807) is 7.11 Å². The molecule has 0 spiro atoms. The Hall–Kier alpha value is -1.06. The minimum atomic E-state index is 0.511. The first kappa shape index (κ1) is 14.4. The van der Waals surface area contributed by atoms with E-state index in [2.05, 4.69) is 24.4 Å². The summed E-state index contributed by atoms with van der Waals surface area (Å²) < 4.78 is 11.0. The molecule has 1 aliphatic rings. The molecule has 0 aliphatic heterocycles. The highest BCUT2D eigenvalue weighted by molar-refractivity contribution is 5.33. The summed E-state index contributed by atoms with van der Waals surface area (Å²) in [7, 11) is 1.73. The van der Waals surface area contributed by atoms with Crippen LogP contribution >= 0.6 is 0 Å². The lowest BCUT2D eigenvalue weighted by Gasteiger charge is -2.19. The monoisotopic (exact) mass is 263 g/mol. The second kappa shape index (κ2) is 7.51. The molecule has 1 aromatic carbocycles. The predicted molar refractivity (Wildman–Crippen MR) is 77.7 cm³/mol. The van der Waals surface area contributed by atoms with E-state index in [-0.39, 0.29) is 0 Å². The molecule has 2 rings (SSSR count). The van der Waals surface area contributed by atoms with Crippen LogP contribution in [0.5, 0.6) is 5.75 Å². The van der Waals surface area contributed by atoms with E-state index in [1.807, 2.05) is 12.1 Å². The molecular formula is C16H25NO2. The van der Waals surface area contributed by atoms with Crippen molar-refractivity contribution in [1.29, 1.82) is 0 Å². The number of hydrogen-bond donors (Lipinski definition) is 1. The maximum absolute atomic E-state index is 5.61. The van der Waals surface area contributed by atoms with Crippen molar-refractivity contribution in [2.75, 3.05) is 26.9 Å². The Kier molecular flexibility index (Phi) is 5.67. The normalized spacial score (nSPS) is 16.3. The molecule has 1 atom stereocenters. The van der Waals surface area contributed by atoms with Gasteiger partial charge in [-0.1, -0.05) is 18.2 Å². The zero-order valence-corrected chi connectivity index (χ0v) is 12.0. The Morgan fingerprint density at radius 1 is 1.32 bits per heavy atom. The summed E-state index contributed by atoms with van der Waals surface area (Å²) in [5, 5.41) is 3.60. The molecule has 3 nitrogen and oxygen atoms in total. The molecule has 1 fully saturated rings. The van der Waals surface area contributed by atoms with Gasteiger partial charge in [0.1, 0.15) is 5.75 Å². The molecule has 1 unspecified atom stereocenters. The summed E-state index contributed by atoms with van der Waals surface area (Å²) in [6, 6.07) is 9.02. The maximum Gasteiger partial charge on any atom is 0.122 e. The molecule has 0 bridgehead atoms. The lowest BCUT2D eigenvalue weighted by atomic mass is 9.99. The number of benzene rings is 1. The molecule has 0 radical (unpaired) electrons. The van der Waals surface area contributed by atoms with Gasteiger partial charge in [-0.25, -0.2) is 0 Å². The summed E-state index contributed by atoms with van der Waals surface area (Å²) in [4.78, 5) is 0. The van der Waals surface area contributed by atoms with Crippen molar-refractivity contribution in [3.63, 3.8) is 0 Å². The third-order valence-electron chi connectivity index (χ3n) is 3.53. The van der Waals surface area contributed by atoms with Crippen molar-refractivity contribution < 1.29 is 9.47 Å². The van der Waals surface area contributed by atoms with Gasteiger partial charge in [-0.3, -0.25) is 0 Å². The molecule has 0 heterocycles. The van der Waals surface area contributed by atoms with Gasteiger partial charge in [0.2, 0.25) is 0 Å². The van der Waals surface area contributed by atoms with Gasteiger partial charge in [-0.15, -0.1) is 0 Å². The van der Waals surface area contributed by atoms with Crippen LogP contribution in [0.3, 0.4) is 0 Å². The SMILES string of the molecule is CCOCC(CNC1CC1)Cc1ccccc1OC. The van der Waals surface area contributed by atoms with Crippen LogP contribution in [-0.4, -0.2) is 32.9 Å². The number of methoxy groups -OCH3 is 1. The molecule has 0 amide bonds. The van der Waals surface area contributed by atoms with Crippen LogP contribution in [0.2, 0.25) is 0 Å². The van der Waals surface area contributed by atoms with Crippen LogP contribution in [0.4, 0.5) is 0 Å². The summed E-state index contributed by atoms with van der Waals surface area (Å²) >= 11 is 0. The smallest absolute Gasteiger partial charge is 0.122 e. The van der Waals surface area contributed by atoms with E-state index in [4.69, 9.17) is 9.47 Å². The van der Waals surface area contributed by atoms with Crippen molar-refractivity contribution in [2.45, 2.75) is 32.2 Å². The molecule has 1 N–H and O–H groups in total. The first-order valence-corrected chi connectivity index (χ1v) is 7.26. The van der Waals surface area contributed by atoms with Gasteiger partial charge in [0.05, 0.1) is 13.7 Å². The lowest BCUT2D eigenvalue weighted by Crippen LogP contribution is -2.29. The zero-order chi connectivity index (χ0) is 13.5. The molecule has 0 aromatic heterocycles. The van der Waals surface area contributed by atoms with Crippen LogP contribution in [0.1, 0.15) is 25.3 Å². The number of rotatable bonds is 9. The summed E-state index contributed by atoms with van der Waals surface area (Å²) in [5.74, 6) is 1.49. The Morgan fingerprint density at radius 3 is 2.79 bits per heavy atom. The van der Waals surface area contributed by atoms with E-state index in [9.17, 15) is 0 Å². The van der Waals surface area contributed by atoms with E-state index in [1.165, 1.54) is 18.4 Å². The minimum Gasteiger partial charge on any atom is -0.496 e. The second-order valence-electron chi connectivity index (χ2n) is 5.22. The standard InChI is InChI=1S/C16H25NO2/c1-3-19-12-13(11-17-15-8-9-15)10-14-6-4-5-7-16(14)18-2/h4-7,13,15,17H,3,8-12H2,1-2H3. The molecule has 0 saturated heterocycles. The number of ether oxygens (including phenoxy) is 2. The van der Waals surface area contributed by atoms with Gasteiger partial charge in [-0.05, 0) is 43.7 Å². The van der Waals surface area contributed by atoms with Gasteiger partial charge >= 0.3 is 0 Å². The predicted octanol–water partition coefficient (Wildman–Crippen LogP) is 2.64. The van der Waals surface area contributed by atoms with E-state index in [0.29, 0.717) is 5.92 Å². The van der Waals surface area contributed by atoms with Crippen molar-refractivity contribution in [2.24, 2.45) is 5.92 Å². The fourth-order valence-corrected chi connectivity index (χ4v) is 2.28. The van der Waals surface area contributed by atoms with Gasteiger partial charge in [0, 0.05) is 19.2 Å². The van der Waals surface area contributed by atoms with Gasteiger partial charge in [0.15, 0.2) is 0 Å². The Balaban J connectivity index is 1.92. The van der Waals surface area contributed by atoms with Gasteiger partial charge in [0.25, 0.3) is 0 Å². The van der Waals surface area contributed by atoms with Gasteiger partial charge < -0.3 is 14.8 Å². The fraction of sp³-hybridized carbons (Fsp3) is 0.625. The van der Waals surface area contributed by atoms with Gasteiger partial charge in [-0.2, -0.15) is 0 Å². The first-order chi connectivity index (χ1) is 9.33. The van der Waals surface area contributed by atoms with Crippen LogP contribution in [0.15, 0.2) is 24.3 Å². The first-order valence-electron chi connectivity index (χ1n) is 7.26. The Bertz CT molecular complexity index is 377. The third-order valence-corrected chi connectivity index (χ3v) is 3.53. The Morgan fingerprint density at radius 2 is 2.11 bits per heavy atom.